The average molecular weight is 284 g/mol. The van der Waals surface area contributed by atoms with Gasteiger partial charge in [-0.05, 0) is 6.42 Å². The predicted octanol–water partition coefficient (Wildman–Crippen LogP) is -0.131. The maximum absolute atomic E-state index is 11.8. The number of urea groups is 1. The van der Waals surface area contributed by atoms with E-state index in [2.05, 4.69) is 15.3 Å². The van der Waals surface area contributed by atoms with Gasteiger partial charge in [0.15, 0.2) is 0 Å². The molecule has 0 saturated heterocycles. The van der Waals surface area contributed by atoms with Gasteiger partial charge in [-0.15, -0.1) is 0 Å². The van der Waals surface area contributed by atoms with Gasteiger partial charge in [-0.3, -0.25) is 4.79 Å². The van der Waals surface area contributed by atoms with Crippen LogP contribution in [-0.4, -0.2) is 56.1 Å². The van der Waals surface area contributed by atoms with Gasteiger partial charge < -0.3 is 25.4 Å². The topological polar surface area (TPSA) is 136 Å². The summed E-state index contributed by atoms with van der Waals surface area (Å²) >= 11 is 0. The average Bonchev–Trinajstić information content (AvgIpc) is 2.86. The fourth-order valence-electron chi connectivity index (χ4n) is 1.47. The molecule has 110 valence electrons. The highest BCUT2D eigenvalue weighted by atomic mass is 16.4. The van der Waals surface area contributed by atoms with E-state index in [4.69, 9.17) is 10.2 Å². The van der Waals surface area contributed by atoms with Crippen LogP contribution < -0.4 is 5.32 Å². The zero-order valence-corrected chi connectivity index (χ0v) is 10.9. The van der Waals surface area contributed by atoms with Crippen LogP contribution in [0.3, 0.4) is 0 Å². The first-order chi connectivity index (χ1) is 9.40. The van der Waals surface area contributed by atoms with E-state index in [9.17, 15) is 14.4 Å². The molecule has 1 aromatic heterocycles. The number of H-pyrrole nitrogens is 1. The van der Waals surface area contributed by atoms with Crippen molar-refractivity contribution in [2.24, 2.45) is 0 Å². The Balaban J connectivity index is 2.52. The third-order valence-corrected chi connectivity index (χ3v) is 2.53. The molecule has 1 heterocycles. The molecule has 2 amide bonds. The highest BCUT2D eigenvalue weighted by molar-refractivity contribution is 5.82. The van der Waals surface area contributed by atoms with Gasteiger partial charge >= 0.3 is 18.0 Å². The number of amides is 2. The van der Waals surface area contributed by atoms with Gasteiger partial charge in [0.05, 0.1) is 6.54 Å². The quantitative estimate of drug-likeness (QED) is 0.550. The van der Waals surface area contributed by atoms with Gasteiger partial charge in [-0.25, -0.2) is 14.6 Å². The first-order valence-electron chi connectivity index (χ1n) is 5.84. The second-order valence-electron chi connectivity index (χ2n) is 4.16. The molecule has 0 unspecified atom stereocenters. The molecular formula is C11H16N4O5. The Morgan fingerprint density at radius 2 is 2.15 bits per heavy atom. The van der Waals surface area contributed by atoms with Crippen LogP contribution in [0.1, 0.15) is 18.7 Å². The van der Waals surface area contributed by atoms with E-state index in [1.807, 2.05) is 0 Å². The zero-order valence-electron chi connectivity index (χ0n) is 10.9. The molecule has 0 saturated carbocycles. The maximum Gasteiger partial charge on any atom is 0.326 e. The normalized spacial score (nSPS) is 11.7. The molecule has 4 N–H and O–H groups in total. The molecule has 0 aliphatic carbocycles. The maximum atomic E-state index is 11.8. The van der Waals surface area contributed by atoms with Crippen LogP contribution in [0, 0.1) is 0 Å². The summed E-state index contributed by atoms with van der Waals surface area (Å²) in [4.78, 5) is 41.2. The molecule has 1 atom stereocenters. The van der Waals surface area contributed by atoms with Crippen molar-refractivity contribution in [3.8, 4) is 0 Å². The molecule has 0 aliphatic heterocycles. The third kappa shape index (κ3) is 4.96. The highest BCUT2D eigenvalue weighted by Crippen LogP contribution is 2.01. The van der Waals surface area contributed by atoms with Gasteiger partial charge in [-0.1, -0.05) is 0 Å². The number of aromatic nitrogens is 2. The van der Waals surface area contributed by atoms with Gasteiger partial charge in [-0.2, -0.15) is 0 Å². The second-order valence-corrected chi connectivity index (χ2v) is 4.16. The molecule has 9 heteroatoms. The molecule has 0 bridgehead atoms. The van der Waals surface area contributed by atoms with Crippen molar-refractivity contribution < 1.29 is 24.6 Å². The minimum absolute atomic E-state index is 0.176. The number of rotatable bonds is 7. The van der Waals surface area contributed by atoms with E-state index >= 15 is 0 Å². The van der Waals surface area contributed by atoms with E-state index < -0.39 is 24.0 Å². The van der Waals surface area contributed by atoms with Gasteiger partial charge in [0, 0.05) is 25.9 Å². The van der Waals surface area contributed by atoms with Crippen LogP contribution in [-0.2, 0) is 16.1 Å². The minimum atomic E-state index is -1.27. The number of imidazole rings is 1. The van der Waals surface area contributed by atoms with Crippen LogP contribution in [0.4, 0.5) is 4.79 Å². The summed E-state index contributed by atoms with van der Waals surface area (Å²) in [7, 11) is 1.48. The number of carboxylic acid groups (broad SMARTS) is 2. The van der Waals surface area contributed by atoms with Crippen molar-refractivity contribution >= 4 is 18.0 Å². The van der Waals surface area contributed by atoms with Crippen molar-refractivity contribution in [1.82, 2.24) is 20.2 Å². The van der Waals surface area contributed by atoms with E-state index in [0.29, 0.717) is 5.82 Å². The third-order valence-electron chi connectivity index (χ3n) is 2.53. The molecule has 1 aromatic rings. The first-order valence-corrected chi connectivity index (χ1v) is 5.84. The van der Waals surface area contributed by atoms with Crippen LogP contribution in [0.25, 0.3) is 0 Å². The number of hydrogen-bond donors (Lipinski definition) is 4. The molecule has 1 rings (SSSR count). The smallest absolute Gasteiger partial charge is 0.326 e. The molecule has 0 radical (unpaired) electrons. The molecule has 20 heavy (non-hydrogen) atoms. The van der Waals surface area contributed by atoms with Gasteiger partial charge in [0.25, 0.3) is 0 Å². The predicted molar refractivity (Wildman–Crippen MR) is 66.9 cm³/mol. The molecular weight excluding hydrogens is 268 g/mol. The molecule has 0 spiro atoms. The number of carboxylic acids is 2. The fraction of sp³-hybridized carbons (Fsp3) is 0.455. The van der Waals surface area contributed by atoms with Crippen LogP contribution >= 0.6 is 0 Å². The minimum Gasteiger partial charge on any atom is -0.481 e. The summed E-state index contributed by atoms with van der Waals surface area (Å²) < 4.78 is 0. The standard InChI is InChI=1S/C11H16N4O5/c1-15(6-8-12-4-5-13-8)11(20)14-7(10(18)19)2-3-9(16)17/h4-5,7H,2-3,6H2,1H3,(H,12,13)(H,14,20)(H,16,17)(H,18,19)/t7-/m0/s1. The fourth-order valence-corrected chi connectivity index (χ4v) is 1.47. The summed E-state index contributed by atoms with van der Waals surface area (Å²) in [6.07, 6.45) is 2.63. The van der Waals surface area contributed by atoms with Crippen LogP contribution in [0.5, 0.6) is 0 Å². The Bertz CT molecular complexity index is 473. The summed E-state index contributed by atoms with van der Waals surface area (Å²) in [5.41, 5.74) is 0. The van der Waals surface area contributed by atoms with Crippen molar-refractivity contribution in [2.45, 2.75) is 25.4 Å². The Labute approximate surface area is 114 Å². The number of aliphatic carboxylic acids is 2. The number of carbonyl (C=O) groups is 3. The lowest BCUT2D eigenvalue weighted by Crippen LogP contribution is -2.46. The lowest BCUT2D eigenvalue weighted by molar-refractivity contribution is -0.140. The summed E-state index contributed by atoms with van der Waals surface area (Å²) in [5, 5.41) is 19.7. The Kier molecular flexibility index (Phi) is 5.51. The number of hydrogen-bond acceptors (Lipinski definition) is 4. The summed E-state index contributed by atoms with van der Waals surface area (Å²) in [5.74, 6) is -1.83. The van der Waals surface area contributed by atoms with Crippen molar-refractivity contribution in [3.63, 3.8) is 0 Å². The number of aromatic amines is 1. The number of nitrogens with zero attached hydrogens (tertiary/aromatic N) is 2. The largest absolute Gasteiger partial charge is 0.481 e. The van der Waals surface area contributed by atoms with Crippen molar-refractivity contribution in [3.05, 3.63) is 18.2 Å². The summed E-state index contributed by atoms with van der Waals surface area (Å²) in [6, 6.07) is -1.85. The second kappa shape index (κ2) is 7.12. The van der Waals surface area contributed by atoms with Gasteiger partial charge in [0.1, 0.15) is 11.9 Å². The lowest BCUT2D eigenvalue weighted by atomic mass is 10.1. The molecule has 0 fully saturated rings. The first kappa shape index (κ1) is 15.5. The van der Waals surface area contributed by atoms with Crippen molar-refractivity contribution in [1.29, 1.82) is 0 Å². The van der Waals surface area contributed by atoms with Crippen LogP contribution in [0.15, 0.2) is 12.4 Å². The van der Waals surface area contributed by atoms with Crippen LogP contribution in [0.2, 0.25) is 0 Å². The van der Waals surface area contributed by atoms with E-state index in [1.165, 1.54) is 18.1 Å². The molecule has 9 nitrogen and oxygen atoms in total. The number of nitrogens with one attached hydrogen (secondary N) is 2. The lowest BCUT2D eigenvalue weighted by Gasteiger charge is -2.20. The highest BCUT2D eigenvalue weighted by Gasteiger charge is 2.22. The Hall–Kier alpha value is -2.58. The summed E-state index contributed by atoms with van der Waals surface area (Å²) in [6.45, 7) is 0.185. The zero-order chi connectivity index (χ0) is 15.1. The monoisotopic (exact) mass is 284 g/mol. The Morgan fingerprint density at radius 3 is 2.65 bits per heavy atom. The molecule has 0 aliphatic rings. The van der Waals surface area contributed by atoms with E-state index in [1.54, 1.807) is 6.20 Å². The SMILES string of the molecule is CN(Cc1ncc[nH]1)C(=O)N[C@@H](CCC(=O)O)C(=O)O. The molecule has 0 aromatic carbocycles. The van der Waals surface area contributed by atoms with Gasteiger partial charge in [0.2, 0.25) is 0 Å². The van der Waals surface area contributed by atoms with E-state index in [-0.39, 0.29) is 19.4 Å². The Morgan fingerprint density at radius 1 is 1.45 bits per heavy atom. The van der Waals surface area contributed by atoms with Crippen molar-refractivity contribution in [2.75, 3.05) is 7.05 Å². The van der Waals surface area contributed by atoms with E-state index in [0.717, 1.165) is 0 Å². The number of carbonyl (C=O) groups excluding carboxylic acids is 1.